The first-order valence-electron chi connectivity index (χ1n) is 5.57. The Labute approximate surface area is 105 Å². The molecule has 0 aliphatic heterocycles. The third kappa shape index (κ3) is 3.25. The van der Waals surface area contributed by atoms with Crippen LogP contribution in [0, 0.1) is 6.92 Å². The lowest BCUT2D eigenvalue weighted by Gasteiger charge is -1.99. The summed E-state index contributed by atoms with van der Waals surface area (Å²) in [4.78, 5) is 15.8. The zero-order valence-electron chi connectivity index (χ0n) is 10.00. The second-order valence-corrected chi connectivity index (χ2v) is 3.82. The summed E-state index contributed by atoms with van der Waals surface area (Å²) in [7, 11) is 0. The molecule has 90 valence electrons. The van der Waals surface area contributed by atoms with Crippen LogP contribution in [0.4, 0.5) is 0 Å². The van der Waals surface area contributed by atoms with Crippen molar-refractivity contribution >= 4 is 12.1 Å². The summed E-state index contributed by atoms with van der Waals surface area (Å²) in [5, 5.41) is 3.85. The van der Waals surface area contributed by atoms with Gasteiger partial charge in [-0.05, 0) is 31.2 Å². The molecule has 0 bridgehead atoms. The number of carbonyl (C=O) groups excluding carboxylic acids is 1. The van der Waals surface area contributed by atoms with E-state index in [9.17, 15) is 4.79 Å². The van der Waals surface area contributed by atoms with E-state index >= 15 is 0 Å². The highest BCUT2D eigenvalue weighted by molar-refractivity contribution is 5.94. The van der Waals surface area contributed by atoms with Gasteiger partial charge >= 0.3 is 0 Å². The zero-order valence-corrected chi connectivity index (χ0v) is 10.00. The number of nitrogens with one attached hydrogen (secondary N) is 1. The number of pyridine rings is 1. The first-order chi connectivity index (χ1) is 8.75. The SMILES string of the molecule is Cc1ccc(C(=O)N/N=C\c2ccccn2)cc1. The molecular weight excluding hydrogens is 226 g/mol. The quantitative estimate of drug-likeness (QED) is 0.659. The van der Waals surface area contributed by atoms with Crippen LogP contribution in [0.15, 0.2) is 53.8 Å². The third-order valence-electron chi connectivity index (χ3n) is 2.36. The van der Waals surface area contributed by atoms with Crippen LogP contribution in [0.2, 0.25) is 0 Å². The number of hydrogen-bond acceptors (Lipinski definition) is 3. The predicted octanol–water partition coefficient (Wildman–Crippen LogP) is 2.15. The fourth-order valence-corrected chi connectivity index (χ4v) is 1.38. The van der Waals surface area contributed by atoms with Gasteiger partial charge in [0.2, 0.25) is 0 Å². The van der Waals surface area contributed by atoms with Crippen molar-refractivity contribution in [3.8, 4) is 0 Å². The molecule has 2 aromatic rings. The molecule has 0 saturated heterocycles. The minimum Gasteiger partial charge on any atom is -0.267 e. The van der Waals surface area contributed by atoms with Crippen LogP contribution in [0.1, 0.15) is 21.6 Å². The van der Waals surface area contributed by atoms with Gasteiger partial charge in [-0.25, -0.2) is 5.43 Å². The number of aryl methyl sites for hydroxylation is 1. The summed E-state index contributed by atoms with van der Waals surface area (Å²) in [6, 6.07) is 12.8. The lowest BCUT2D eigenvalue weighted by atomic mass is 10.1. The maximum Gasteiger partial charge on any atom is 0.271 e. The third-order valence-corrected chi connectivity index (χ3v) is 2.36. The second kappa shape index (κ2) is 5.72. The van der Waals surface area contributed by atoms with Crippen molar-refractivity contribution in [3.05, 3.63) is 65.5 Å². The largest absolute Gasteiger partial charge is 0.271 e. The highest BCUT2D eigenvalue weighted by Crippen LogP contribution is 2.02. The molecule has 2 rings (SSSR count). The molecular formula is C14H13N3O. The molecule has 0 radical (unpaired) electrons. The Morgan fingerprint density at radius 1 is 1.22 bits per heavy atom. The number of hydrazone groups is 1. The van der Waals surface area contributed by atoms with Gasteiger partial charge in [0.25, 0.3) is 5.91 Å². The second-order valence-electron chi connectivity index (χ2n) is 3.82. The van der Waals surface area contributed by atoms with Crippen molar-refractivity contribution in [2.75, 3.05) is 0 Å². The summed E-state index contributed by atoms with van der Waals surface area (Å²) in [6.07, 6.45) is 3.18. The lowest BCUT2D eigenvalue weighted by molar-refractivity contribution is 0.0955. The average molecular weight is 239 g/mol. The molecule has 18 heavy (non-hydrogen) atoms. The highest BCUT2D eigenvalue weighted by atomic mass is 16.2. The fourth-order valence-electron chi connectivity index (χ4n) is 1.38. The highest BCUT2D eigenvalue weighted by Gasteiger charge is 2.02. The molecule has 4 nitrogen and oxygen atoms in total. The van der Waals surface area contributed by atoms with E-state index in [4.69, 9.17) is 0 Å². The van der Waals surface area contributed by atoms with Crippen LogP contribution in [0.3, 0.4) is 0 Å². The van der Waals surface area contributed by atoms with Gasteiger partial charge in [0, 0.05) is 11.8 Å². The van der Waals surface area contributed by atoms with Crippen LogP contribution in [0.25, 0.3) is 0 Å². The standard InChI is InChI=1S/C14H13N3O/c1-11-5-7-12(8-6-11)14(18)17-16-10-13-4-2-3-9-15-13/h2-10H,1H3,(H,17,18)/b16-10-. The number of nitrogens with zero attached hydrogens (tertiary/aromatic N) is 2. The van der Waals surface area contributed by atoms with E-state index in [1.807, 2.05) is 37.3 Å². The normalized spacial score (nSPS) is 10.5. The molecule has 1 aromatic carbocycles. The van der Waals surface area contributed by atoms with Crippen molar-refractivity contribution < 1.29 is 4.79 Å². The van der Waals surface area contributed by atoms with Crippen molar-refractivity contribution in [2.24, 2.45) is 5.10 Å². The van der Waals surface area contributed by atoms with Gasteiger partial charge in [0.05, 0.1) is 11.9 Å². The topological polar surface area (TPSA) is 54.4 Å². The van der Waals surface area contributed by atoms with Gasteiger partial charge in [-0.2, -0.15) is 5.10 Å². The first kappa shape index (κ1) is 12.0. The summed E-state index contributed by atoms with van der Waals surface area (Å²) in [5.74, 6) is -0.234. The lowest BCUT2D eigenvalue weighted by Crippen LogP contribution is -2.17. The van der Waals surface area contributed by atoms with Crippen LogP contribution < -0.4 is 5.43 Å². The summed E-state index contributed by atoms with van der Waals surface area (Å²) >= 11 is 0. The summed E-state index contributed by atoms with van der Waals surface area (Å²) < 4.78 is 0. The predicted molar refractivity (Wildman–Crippen MR) is 70.5 cm³/mol. The Morgan fingerprint density at radius 2 is 2.00 bits per heavy atom. The van der Waals surface area contributed by atoms with E-state index in [0.717, 1.165) is 5.56 Å². The molecule has 0 fully saturated rings. The first-order valence-corrected chi connectivity index (χ1v) is 5.57. The Hall–Kier alpha value is -2.49. The Morgan fingerprint density at radius 3 is 2.67 bits per heavy atom. The van der Waals surface area contributed by atoms with Crippen LogP contribution in [0.5, 0.6) is 0 Å². The Kier molecular flexibility index (Phi) is 3.81. The summed E-state index contributed by atoms with van der Waals surface area (Å²) in [5.41, 5.74) is 4.85. The van der Waals surface area contributed by atoms with Gasteiger partial charge in [-0.1, -0.05) is 23.8 Å². The number of amides is 1. The maximum absolute atomic E-state index is 11.7. The molecule has 0 atom stereocenters. The Bertz CT molecular complexity index is 547. The zero-order chi connectivity index (χ0) is 12.8. The smallest absolute Gasteiger partial charge is 0.267 e. The van der Waals surface area contributed by atoms with Crippen LogP contribution in [-0.2, 0) is 0 Å². The number of hydrogen-bond donors (Lipinski definition) is 1. The van der Waals surface area contributed by atoms with Crippen molar-refractivity contribution in [3.63, 3.8) is 0 Å². The van der Waals surface area contributed by atoms with E-state index in [0.29, 0.717) is 11.3 Å². The molecule has 0 spiro atoms. The van der Waals surface area contributed by atoms with E-state index in [1.165, 1.54) is 6.21 Å². The molecule has 0 aliphatic carbocycles. The van der Waals surface area contributed by atoms with Crippen molar-refractivity contribution in [1.82, 2.24) is 10.4 Å². The molecule has 1 aromatic heterocycles. The van der Waals surface area contributed by atoms with Crippen LogP contribution in [-0.4, -0.2) is 17.1 Å². The monoisotopic (exact) mass is 239 g/mol. The fraction of sp³-hybridized carbons (Fsp3) is 0.0714. The number of aromatic nitrogens is 1. The molecule has 0 saturated carbocycles. The van der Waals surface area contributed by atoms with E-state index in [-0.39, 0.29) is 5.91 Å². The Balaban J connectivity index is 1.96. The van der Waals surface area contributed by atoms with Gasteiger partial charge in [0.1, 0.15) is 0 Å². The van der Waals surface area contributed by atoms with Crippen LogP contribution >= 0.6 is 0 Å². The van der Waals surface area contributed by atoms with E-state index in [2.05, 4.69) is 15.5 Å². The average Bonchev–Trinajstić information content (AvgIpc) is 2.40. The number of carbonyl (C=O) groups is 1. The summed E-state index contributed by atoms with van der Waals surface area (Å²) in [6.45, 7) is 1.97. The van der Waals surface area contributed by atoms with Gasteiger partial charge in [-0.3, -0.25) is 9.78 Å². The van der Waals surface area contributed by atoms with E-state index in [1.54, 1.807) is 18.3 Å². The number of rotatable bonds is 3. The molecule has 1 amide bonds. The molecule has 1 heterocycles. The van der Waals surface area contributed by atoms with Gasteiger partial charge in [0.15, 0.2) is 0 Å². The van der Waals surface area contributed by atoms with E-state index < -0.39 is 0 Å². The molecule has 4 heteroatoms. The van der Waals surface area contributed by atoms with Crippen molar-refractivity contribution in [1.29, 1.82) is 0 Å². The molecule has 0 aliphatic rings. The minimum atomic E-state index is -0.234. The minimum absolute atomic E-state index is 0.234. The van der Waals surface area contributed by atoms with Gasteiger partial charge in [-0.15, -0.1) is 0 Å². The molecule has 0 unspecified atom stereocenters. The maximum atomic E-state index is 11.7. The molecule has 1 N–H and O–H groups in total. The van der Waals surface area contributed by atoms with Crippen molar-refractivity contribution in [2.45, 2.75) is 6.92 Å². The number of benzene rings is 1. The van der Waals surface area contributed by atoms with Gasteiger partial charge < -0.3 is 0 Å².